The average molecular weight is 248 g/mol. The Hall–Kier alpha value is -1.42. The maximum Gasteiger partial charge on any atom is 0.255 e. The number of aromatic nitrogens is 1. The molecular formula is C14H20N2O2. The van der Waals surface area contributed by atoms with Crippen LogP contribution < -0.4 is 0 Å². The highest BCUT2D eigenvalue weighted by Crippen LogP contribution is 2.28. The van der Waals surface area contributed by atoms with E-state index in [-0.39, 0.29) is 18.6 Å². The van der Waals surface area contributed by atoms with Crippen molar-refractivity contribution in [3.63, 3.8) is 0 Å². The van der Waals surface area contributed by atoms with Crippen LogP contribution >= 0.6 is 0 Å². The van der Waals surface area contributed by atoms with E-state index in [1.54, 1.807) is 29.4 Å². The van der Waals surface area contributed by atoms with Gasteiger partial charge in [-0.15, -0.1) is 0 Å². The van der Waals surface area contributed by atoms with Crippen LogP contribution in [0.5, 0.6) is 0 Å². The smallest absolute Gasteiger partial charge is 0.255 e. The van der Waals surface area contributed by atoms with E-state index < -0.39 is 0 Å². The highest BCUT2D eigenvalue weighted by atomic mass is 16.3. The lowest BCUT2D eigenvalue weighted by Gasteiger charge is -2.35. The predicted octanol–water partition coefficient (Wildman–Crippen LogP) is 1.70. The second kappa shape index (κ2) is 5.96. The largest absolute Gasteiger partial charge is 0.394 e. The number of rotatable bonds is 5. The fourth-order valence-corrected chi connectivity index (χ4v) is 2.17. The molecule has 0 aromatic carbocycles. The molecule has 1 aliphatic rings. The molecule has 1 aromatic rings. The third-order valence-corrected chi connectivity index (χ3v) is 3.65. The van der Waals surface area contributed by atoms with Crippen molar-refractivity contribution in [3.8, 4) is 0 Å². The van der Waals surface area contributed by atoms with Gasteiger partial charge in [-0.05, 0) is 37.8 Å². The molecule has 0 bridgehead atoms. The van der Waals surface area contributed by atoms with Crippen LogP contribution in [0.3, 0.4) is 0 Å². The second-order valence-corrected chi connectivity index (χ2v) is 5.03. The van der Waals surface area contributed by atoms with E-state index in [2.05, 4.69) is 4.98 Å². The molecule has 1 heterocycles. The molecule has 4 nitrogen and oxygen atoms in total. The molecule has 0 radical (unpaired) electrons. The molecular weight excluding hydrogens is 228 g/mol. The first kappa shape index (κ1) is 13.0. The van der Waals surface area contributed by atoms with Gasteiger partial charge in [0.25, 0.3) is 5.91 Å². The zero-order valence-corrected chi connectivity index (χ0v) is 10.7. The Morgan fingerprint density at radius 1 is 1.61 bits per heavy atom. The van der Waals surface area contributed by atoms with Gasteiger partial charge in [-0.1, -0.05) is 6.42 Å². The van der Waals surface area contributed by atoms with Crippen LogP contribution in [0.2, 0.25) is 0 Å². The topological polar surface area (TPSA) is 53.4 Å². The van der Waals surface area contributed by atoms with Gasteiger partial charge in [0, 0.05) is 18.9 Å². The van der Waals surface area contributed by atoms with Crippen LogP contribution in [0.15, 0.2) is 24.5 Å². The summed E-state index contributed by atoms with van der Waals surface area (Å²) in [6.07, 6.45) is 6.87. The molecule has 1 amide bonds. The summed E-state index contributed by atoms with van der Waals surface area (Å²) in [5.41, 5.74) is 0.595. The van der Waals surface area contributed by atoms with Crippen molar-refractivity contribution in [2.45, 2.75) is 32.2 Å². The van der Waals surface area contributed by atoms with Crippen molar-refractivity contribution in [1.82, 2.24) is 9.88 Å². The number of hydrogen-bond acceptors (Lipinski definition) is 3. The minimum atomic E-state index is -0.140. The standard InChI is InChI=1S/C14H20N2O2/c1-11(10-17)16(9-12-4-2-5-12)14(18)13-6-3-7-15-8-13/h3,6-8,11-12,17H,2,4-5,9-10H2,1H3. The third-order valence-electron chi connectivity index (χ3n) is 3.65. The van der Waals surface area contributed by atoms with E-state index >= 15 is 0 Å². The molecule has 1 fully saturated rings. The van der Waals surface area contributed by atoms with Crippen molar-refractivity contribution in [1.29, 1.82) is 0 Å². The molecule has 98 valence electrons. The highest BCUT2D eigenvalue weighted by Gasteiger charge is 2.27. The summed E-state index contributed by atoms with van der Waals surface area (Å²) in [6, 6.07) is 3.39. The molecule has 1 saturated carbocycles. The first-order valence-corrected chi connectivity index (χ1v) is 6.54. The van der Waals surface area contributed by atoms with Gasteiger partial charge in [-0.25, -0.2) is 0 Å². The fourth-order valence-electron chi connectivity index (χ4n) is 2.17. The van der Waals surface area contributed by atoms with Gasteiger partial charge < -0.3 is 10.0 Å². The van der Waals surface area contributed by atoms with Gasteiger partial charge in [-0.3, -0.25) is 9.78 Å². The van der Waals surface area contributed by atoms with E-state index in [0.717, 1.165) is 6.54 Å². The molecule has 4 heteroatoms. The first-order chi connectivity index (χ1) is 8.72. The number of carbonyl (C=O) groups is 1. The Balaban J connectivity index is 2.09. The minimum absolute atomic E-state index is 0.00127. The maximum absolute atomic E-state index is 12.4. The van der Waals surface area contributed by atoms with E-state index in [9.17, 15) is 9.90 Å². The van der Waals surface area contributed by atoms with Crippen LogP contribution in [0.25, 0.3) is 0 Å². The quantitative estimate of drug-likeness (QED) is 0.863. The lowest BCUT2D eigenvalue weighted by Crippen LogP contribution is -2.44. The normalized spacial score (nSPS) is 17.0. The van der Waals surface area contributed by atoms with E-state index in [1.807, 2.05) is 6.92 Å². The van der Waals surface area contributed by atoms with E-state index in [0.29, 0.717) is 11.5 Å². The monoisotopic (exact) mass is 248 g/mol. The van der Waals surface area contributed by atoms with E-state index in [4.69, 9.17) is 0 Å². The van der Waals surface area contributed by atoms with Gasteiger partial charge in [0.1, 0.15) is 0 Å². The number of nitrogens with zero attached hydrogens (tertiary/aromatic N) is 2. The number of aliphatic hydroxyl groups is 1. The van der Waals surface area contributed by atoms with Crippen molar-refractivity contribution in [2.75, 3.05) is 13.2 Å². The number of carbonyl (C=O) groups excluding carboxylic acids is 1. The summed E-state index contributed by atoms with van der Waals surface area (Å²) in [5, 5.41) is 9.30. The predicted molar refractivity (Wildman–Crippen MR) is 69.2 cm³/mol. The van der Waals surface area contributed by atoms with Gasteiger partial charge in [0.2, 0.25) is 0 Å². The number of amides is 1. The molecule has 1 aliphatic carbocycles. The number of pyridine rings is 1. The van der Waals surface area contributed by atoms with Crippen LogP contribution in [-0.2, 0) is 0 Å². The minimum Gasteiger partial charge on any atom is -0.394 e. The number of hydrogen-bond donors (Lipinski definition) is 1. The molecule has 0 saturated heterocycles. The Morgan fingerprint density at radius 2 is 2.39 bits per heavy atom. The van der Waals surface area contributed by atoms with Crippen molar-refractivity contribution in [3.05, 3.63) is 30.1 Å². The van der Waals surface area contributed by atoms with Crippen molar-refractivity contribution >= 4 is 5.91 Å². The molecule has 1 unspecified atom stereocenters. The maximum atomic E-state index is 12.4. The van der Waals surface area contributed by atoms with Crippen molar-refractivity contribution < 1.29 is 9.90 Å². The van der Waals surface area contributed by atoms with Gasteiger partial charge in [0.05, 0.1) is 18.2 Å². The Labute approximate surface area is 108 Å². The summed E-state index contributed by atoms with van der Waals surface area (Å²) in [6.45, 7) is 2.63. The Kier molecular flexibility index (Phi) is 4.31. The molecule has 1 aromatic heterocycles. The van der Waals surface area contributed by atoms with E-state index in [1.165, 1.54) is 19.3 Å². The number of aliphatic hydroxyl groups excluding tert-OH is 1. The summed E-state index contributed by atoms with van der Waals surface area (Å²) < 4.78 is 0. The molecule has 0 spiro atoms. The zero-order valence-electron chi connectivity index (χ0n) is 10.7. The fraction of sp³-hybridized carbons (Fsp3) is 0.571. The summed E-state index contributed by atoms with van der Waals surface area (Å²) in [5.74, 6) is 0.566. The zero-order chi connectivity index (χ0) is 13.0. The van der Waals surface area contributed by atoms with Crippen LogP contribution in [-0.4, -0.2) is 40.1 Å². The summed E-state index contributed by atoms with van der Waals surface area (Å²) in [7, 11) is 0. The summed E-state index contributed by atoms with van der Waals surface area (Å²) in [4.78, 5) is 18.2. The van der Waals surface area contributed by atoms with Gasteiger partial charge >= 0.3 is 0 Å². The van der Waals surface area contributed by atoms with Gasteiger partial charge in [0.15, 0.2) is 0 Å². The van der Waals surface area contributed by atoms with Crippen molar-refractivity contribution in [2.24, 2.45) is 5.92 Å². The van der Waals surface area contributed by atoms with Gasteiger partial charge in [-0.2, -0.15) is 0 Å². The molecule has 0 aliphatic heterocycles. The molecule has 1 N–H and O–H groups in total. The highest BCUT2D eigenvalue weighted by molar-refractivity contribution is 5.94. The molecule has 1 atom stereocenters. The van der Waals surface area contributed by atoms with Crippen LogP contribution in [0.4, 0.5) is 0 Å². The lowest BCUT2D eigenvalue weighted by molar-refractivity contribution is 0.0529. The SMILES string of the molecule is CC(CO)N(CC1CCC1)C(=O)c1cccnc1. The first-order valence-electron chi connectivity index (χ1n) is 6.54. The Bertz CT molecular complexity index is 390. The molecule has 2 rings (SSSR count). The second-order valence-electron chi connectivity index (χ2n) is 5.03. The average Bonchev–Trinajstić information content (AvgIpc) is 2.37. The lowest BCUT2D eigenvalue weighted by atomic mass is 9.84. The Morgan fingerprint density at radius 3 is 2.89 bits per heavy atom. The van der Waals surface area contributed by atoms with Crippen LogP contribution in [0, 0.1) is 5.92 Å². The third kappa shape index (κ3) is 2.88. The van der Waals surface area contributed by atoms with Crippen LogP contribution in [0.1, 0.15) is 36.5 Å². The molecule has 18 heavy (non-hydrogen) atoms. The summed E-state index contributed by atoms with van der Waals surface area (Å²) >= 11 is 0.